The van der Waals surface area contributed by atoms with Gasteiger partial charge in [-0.2, -0.15) is 0 Å². The summed E-state index contributed by atoms with van der Waals surface area (Å²) < 4.78 is 33.0. The summed E-state index contributed by atoms with van der Waals surface area (Å²) in [5.74, 6) is -1.44. The molecule has 4 nitrogen and oxygen atoms in total. The van der Waals surface area contributed by atoms with E-state index in [4.69, 9.17) is 4.42 Å². The van der Waals surface area contributed by atoms with E-state index in [-0.39, 0.29) is 22.1 Å². The third-order valence-electron chi connectivity index (χ3n) is 3.76. The summed E-state index contributed by atoms with van der Waals surface area (Å²) in [5.41, 5.74) is 0.251. The zero-order valence-corrected chi connectivity index (χ0v) is 12.2. The number of fused-ring (bicyclic) bond motifs is 2. The minimum absolute atomic E-state index is 0.000362. The molecule has 0 radical (unpaired) electrons. The van der Waals surface area contributed by atoms with Gasteiger partial charge in [-0.25, -0.2) is 8.78 Å². The van der Waals surface area contributed by atoms with Crippen molar-refractivity contribution in [1.82, 2.24) is 4.98 Å². The second kappa shape index (κ2) is 5.42. The Morgan fingerprint density at radius 1 is 1.00 bits per heavy atom. The standard InChI is InChI=1S/C18H10F2N2O2/c19-12-6-13-15(22-23)8-17(24-18(13)14(20)7-12)16-5-10-3-1-2-4-11(10)9-21-16/h1-9,23H/b22-15-. The molecule has 0 aliphatic rings. The Balaban J connectivity index is 2.02. The highest BCUT2D eigenvalue weighted by Gasteiger charge is 2.13. The van der Waals surface area contributed by atoms with Crippen LogP contribution < -0.4 is 5.36 Å². The van der Waals surface area contributed by atoms with Gasteiger partial charge in [0, 0.05) is 23.7 Å². The first-order chi connectivity index (χ1) is 11.7. The third kappa shape index (κ3) is 2.28. The van der Waals surface area contributed by atoms with E-state index in [1.54, 1.807) is 12.3 Å². The van der Waals surface area contributed by atoms with E-state index in [1.165, 1.54) is 6.07 Å². The molecule has 118 valence electrons. The van der Waals surface area contributed by atoms with Gasteiger partial charge in [0.05, 0.1) is 5.39 Å². The monoisotopic (exact) mass is 324 g/mol. The molecule has 24 heavy (non-hydrogen) atoms. The predicted octanol–water partition coefficient (Wildman–Crippen LogP) is 4.22. The molecule has 0 aliphatic carbocycles. The largest absolute Gasteiger partial charge is 0.451 e. The van der Waals surface area contributed by atoms with Gasteiger partial charge < -0.3 is 9.62 Å². The molecule has 0 spiro atoms. The average Bonchev–Trinajstić information content (AvgIpc) is 2.60. The van der Waals surface area contributed by atoms with Crippen molar-refractivity contribution in [3.63, 3.8) is 0 Å². The highest BCUT2D eigenvalue weighted by Crippen LogP contribution is 2.25. The van der Waals surface area contributed by atoms with Crippen LogP contribution in [0.3, 0.4) is 0 Å². The summed E-state index contributed by atoms with van der Waals surface area (Å²) in [7, 11) is 0. The van der Waals surface area contributed by atoms with Crippen molar-refractivity contribution in [2.45, 2.75) is 0 Å². The molecule has 0 atom stereocenters. The number of nitrogens with zero attached hydrogens (tertiary/aromatic N) is 2. The fourth-order valence-electron chi connectivity index (χ4n) is 2.62. The number of benzene rings is 2. The Bertz CT molecular complexity index is 1150. The predicted molar refractivity (Wildman–Crippen MR) is 84.2 cm³/mol. The van der Waals surface area contributed by atoms with E-state index >= 15 is 0 Å². The fraction of sp³-hybridized carbons (Fsp3) is 0. The number of hydrogen-bond donors (Lipinski definition) is 1. The van der Waals surface area contributed by atoms with E-state index in [9.17, 15) is 14.0 Å². The van der Waals surface area contributed by atoms with Crippen LogP contribution in [-0.4, -0.2) is 10.2 Å². The van der Waals surface area contributed by atoms with Crippen LogP contribution >= 0.6 is 0 Å². The summed E-state index contributed by atoms with van der Waals surface area (Å²) in [6, 6.07) is 12.5. The van der Waals surface area contributed by atoms with Gasteiger partial charge in [-0.15, -0.1) is 0 Å². The molecule has 0 saturated carbocycles. The van der Waals surface area contributed by atoms with Crippen molar-refractivity contribution in [3.05, 3.63) is 71.7 Å². The molecule has 1 N–H and O–H groups in total. The molecule has 0 saturated heterocycles. The first-order valence-electron chi connectivity index (χ1n) is 7.12. The highest BCUT2D eigenvalue weighted by atomic mass is 19.1. The van der Waals surface area contributed by atoms with Crippen LogP contribution in [0.1, 0.15) is 0 Å². The molecule has 0 amide bonds. The summed E-state index contributed by atoms with van der Waals surface area (Å²) in [4.78, 5) is 4.29. The summed E-state index contributed by atoms with van der Waals surface area (Å²) in [6.07, 6.45) is 1.67. The Labute approximate surface area is 134 Å². The molecule has 2 heterocycles. The first-order valence-corrected chi connectivity index (χ1v) is 7.12. The average molecular weight is 324 g/mol. The number of aromatic nitrogens is 1. The third-order valence-corrected chi connectivity index (χ3v) is 3.76. The van der Waals surface area contributed by atoms with Crippen LogP contribution in [0.5, 0.6) is 0 Å². The maximum atomic E-state index is 14.0. The minimum Gasteiger partial charge on any atom is -0.451 e. The van der Waals surface area contributed by atoms with E-state index in [0.717, 1.165) is 16.8 Å². The lowest BCUT2D eigenvalue weighted by atomic mass is 10.1. The van der Waals surface area contributed by atoms with Crippen LogP contribution in [0, 0.1) is 11.6 Å². The molecule has 0 fully saturated rings. The number of pyridine rings is 1. The SMILES string of the molecule is O/N=c1/cc(-c2cc3ccccc3cn2)oc2c(F)cc(F)cc12. The van der Waals surface area contributed by atoms with Crippen molar-refractivity contribution < 1.29 is 18.4 Å². The van der Waals surface area contributed by atoms with Crippen molar-refractivity contribution in [1.29, 1.82) is 0 Å². The number of halogens is 2. The van der Waals surface area contributed by atoms with Gasteiger partial charge in [-0.3, -0.25) is 4.98 Å². The Kier molecular flexibility index (Phi) is 3.23. The van der Waals surface area contributed by atoms with Crippen LogP contribution in [0.4, 0.5) is 8.78 Å². The van der Waals surface area contributed by atoms with E-state index in [2.05, 4.69) is 10.1 Å². The maximum Gasteiger partial charge on any atom is 0.172 e. The van der Waals surface area contributed by atoms with Crippen molar-refractivity contribution in [2.75, 3.05) is 0 Å². The van der Waals surface area contributed by atoms with E-state index < -0.39 is 11.6 Å². The second-order valence-corrected chi connectivity index (χ2v) is 5.28. The van der Waals surface area contributed by atoms with Crippen molar-refractivity contribution in [2.24, 2.45) is 5.16 Å². The Morgan fingerprint density at radius 2 is 1.79 bits per heavy atom. The van der Waals surface area contributed by atoms with Gasteiger partial charge in [0.1, 0.15) is 16.9 Å². The second-order valence-electron chi connectivity index (χ2n) is 5.28. The first kappa shape index (κ1) is 14.3. The normalized spacial score (nSPS) is 12.2. The molecule has 4 rings (SSSR count). The molecule has 6 heteroatoms. The number of rotatable bonds is 1. The molecular formula is C18H10F2N2O2. The molecule has 2 aromatic heterocycles. The van der Waals surface area contributed by atoms with Gasteiger partial charge in [0.15, 0.2) is 17.2 Å². The summed E-state index contributed by atoms with van der Waals surface area (Å²) >= 11 is 0. The van der Waals surface area contributed by atoms with Gasteiger partial charge in [0.25, 0.3) is 0 Å². The lowest BCUT2D eigenvalue weighted by Gasteiger charge is -2.06. The lowest BCUT2D eigenvalue weighted by Crippen LogP contribution is -2.05. The fourth-order valence-corrected chi connectivity index (χ4v) is 2.62. The summed E-state index contributed by atoms with van der Waals surface area (Å²) in [6.45, 7) is 0. The molecule has 2 aromatic carbocycles. The molecule has 0 aliphatic heterocycles. The Morgan fingerprint density at radius 3 is 2.58 bits per heavy atom. The van der Waals surface area contributed by atoms with Gasteiger partial charge in [-0.1, -0.05) is 29.4 Å². The van der Waals surface area contributed by atoms with Crippen molar-refractivity contribution in [3.8, 4) is 11.5 Å². The highest BCUT2D eigenvalue weighted by molar-refractivity contribution is 5.85. The van der Waals surface area contributed by atoms with Gasteiger partial charge in [0.2, 0.25) is 0 Å². The molecule has 0 unspecified atom stereocenters. The quantitative estimate of drug-likeness (QED) is 0.421. The zero-order chi connectivity index (χ0) is 16.7. The molecule has 0 bridgehead atoms. The lowest BCUT2D eigenvalue weighted by molar-refractivity contribution is 0.302. The van der Waals surface area contributed by atoms with Crippen LogP contribution in [0.25, 0.3) is 33.2 Å². The summed E-state index contributed by atoms with van der Waals surface area (Å²) in [5, 5.41) is 14.2. The van der Waals surface area contributed by atoms with Crippen LogP contribution in [-0.2, 0) is 0 Å². The van der Waals surface area contributed by atoms with E-state index in [0.29, 0.717) is 11.8 Å². The smallest absolute Gasteiger partial charge is 0.172 e. The van der Waals surface area contributed by atoms with Crippen LogP contribution in [0.15, 0.2) is 64.3 Å². The van der Waals surface area contributed by atoms with Crippen molar-refractivity contribution >= 4 is 21.7 Å². The van der Waals surface area contributed by atoms with Gasteiger partial charge in [-0.05, 0) is 17.5 Å². The Hall–Kier alpha value is -3.28. The molecule has 4 aromatic rings. The van der Waals surface area contributed by atoms with E-state index in [1.807, 2.05) is 24.3 Å². The molecular weight excluding hydrogens is 314 g/mol. The maximum absolute atomic E-state index is 14.0. The zero-order valence-electron chi connectivity index (χ0n) is 12.2. The van der Waals surface area contributed by atoms with Gasteiger partial charge >= 0.3 is 0 Å². The van der Waals surface area contributed by atoms with Crippen LogP contribution in [0.2, 0.25) is 0 Å². The topological polar surface area (TPSA) is 58.6 Å². The minimum atomic E-state index is -0.877. The number of hydrogen-bond acceptors (Lipinski definition) is 4.